The summed E-state index contributed by atoms with van der Waals surface area (Å²) >= 11 is 0. The molecule has 0 aromatic carbocycles. The minimum absolute atomic E-state index is 0.0944. The van der Waals surface area contributed by atoms with Crippen molar-refractivity contribution in [3.05, 3.63) is 0 Å². The first kappa shape index (κ1) is 13.5. The molecule has 1 aliphatic heterocycles. The van der Waals surface area contributed by atoms with Gasteiger partial charge in [-0.1, -0.05) is 20.8 Å². The van der Waals surface area contributed by atoms with Crippen molar-refractivity contribution in [2.75, 3.05) is 13.1 Å². The lowest BCUT2D eigenvalue weighted by Gasteiger charge is -2.38. The van der Waals surface area contributed by atoms with Crippen LogP contribution in [0, 0.1) is 0 Å². The van der Waals surface area contributed by atoms with Crippen molar-refractivity contribution >= 4 is 14.4 Å². The molecule has 4 nitrogen and oxygen atoms in total. The van der Waals surface area contributed by atoms with E-state index in [2.05, 4.69) is 33.9 Å². The monoisotopic (exact) mass is 245 g/mol. The first-order chi connectivity index (χ1) is 7.13. The number of amides is 1. The fourth-order valence-corrected chi connectivity index (χ4v) is 2.97. The average Bonchev–Trinajstić information content (AvgIpc) is 2.49. The van der Waals surface area contributed by atoms with Crippen molar-refractivity contribution in [3.8, 4) is 0 Å². The Balaban J connectivity index is 2.54. The zero-order valence-electron chi connectivity index (χ0n) is 10.9. The van der Waals surface area contributed by atoms with Crippen molar-refractivity contribution < 1.29 is 14.3 Å². The molecule has 0 aromatic rings. The zero-order chi connectivity index (χ0) is 12.6. The molecule has 1 N–H and O–H groups in total. The largest absolute Gasteiger partial charge is 0.465 e. The van der Waals surface area contributed by atoms with Gasteiger partial charge in [0.15, 0.2) is 8.32 Å². The first-order valence-corrected chi connectivity index (χ1v) is 8.70. The molecule has 1 rings (SSSR count). The highest BCUT2D eigenvalue weighted by atomic mass is 28.4. The van der Waals surface area contributed by atoms with Gasteiger partial charge in [0.05, 0.1) is 6.10 Å². The Hall–Kier alpha value is -0.553. The van der Waals surface area contributed by atoms with E-state index < -0.39 is 14.4 Å². The van der Waals surface area contributed by atoms with Gasteiger partial charge in [-0.05, 0) is 24.6 Å². The standard InChI is InChI=1S/C11H23NO3Si/c1-11(2,3)16(4,5)15-9-6-7-12(8-9)10(13)14/h9H,6-8H2,1-5H3,(H,13,14). The van der Waals surface area contributed by atoms with Gasteiger partial charge in [0.2, 0.25) is 0 Å². The number of likely N-dealkylation sites (tertiary alicyclic amines) is 1. The van der Waals surface area contributed by atoms with Crippen LogP contribution in [-0.4, -0.2) is 43.6 Å². The number of carboxylic acid groups (broad SMARTS) is 1. The third-order valence-electron chi connectivity index (χ3n) is 3.68. The van der Waals surface area contributed by atoms with Crippen molar-refractivity contribution in [1.82, 2.24) is 4.90 Å². The second kappa shape index (κ2) is 4.37. The Kier molecular flexibility index (Phi) is 3.69. The van der Waals surface area contributed by atoms with Gasteiger partial charge in [-0.3, -0.25) is 0 Å². The molecule has 1 heterocycles. The van der Waals surface area contributed by atoms with E-state index in [0.717, 1.165) is 6.42 Å². The van der Waals surface area contributed by atoms with E-state index in [1.807, 2.05) is 0 Å². The number of rotatable bonds is 2. The van der Waals surface area contributed by atoms with Crippen LogP contribution >= 0.6 is 0 Å². The van der Waals surface area contributed by atoms with Crippen LogP contribution in [0.2, 0.25) is 18.1 Å². The highest BCUT2D eigenvalue weighted by Crippen LogP contribution is 2.38. The Morgan fingerprint density at radius 2 is 2.00 bits per heavy atom. The molecule has 0 bridgehead atoms. The van der Waals surface area contributed by atoms with Gasteiger partial charge < -0.3 is 14.4 Å². The lowest BCUT2D eigenvalue weighted by molar-refractivity contribution is 0.142. The molecular weight excluding hydrogens is 222 g/mol. The highest BCUT2D eigenvalue weighted by Gasteiger charge is 2.40. The van der Waals surface area contributed by atoms with Crippen LogP contribution in [0.25, 0.3) is 0 Å². The molecule has 16 heavy (non-hydrogen) atoms. The van der Waals surface area contributed by atoms with Gasteiger partial charge in [-0.25, -0.2) is 4.79 Å². The molecule has 1 unspecified atom stereocenters. The molecule has 0 aromatic heterocycles. The normalized spacial score (nSPS) is 22.6. The minimum atomic E-state index is -1.75. The second-order valence-corrected chi connectivity index (χ2v) is 10.8. The fourth-order valence-electron chi connectivity index (χ4n) is 1.59. The lowest BCUT2D eigenvalue weighted by atomic mass is 10.2. The summed E-state index contributed by atoms with van der Waals surface area (Å²) in [5.41, 5.74) is 0. The third kappa shape index (κ3) is 2.98. The summed E-state index contributed by atoms with van der Waals surface area (Å²) < 4.78 is 6.18. The SMILES string of the molecule is CC(C)(C)[Si](C)(C)OC1CCN(C(=O)O)C1. The molecule has 1 fully saturated rings. The first-order valence-electron chi connectivity index (χ1n) is 5.79. The van der Waals surface area contributed by atoms with Gasteiger partial charge in [0.1, 0.15) is 0 Å². The number of carbonyl (C=O) groups is 1. The summed E-state index contributed by atoms with van der Waals surface area (Å²) in [4.78, 5) is 12.2. The van der Waals surface area contributed by atoms with Crippen LogP contribution in [-0.2, 0) is 4.43 Å². The molecule has 1 aliphatic rings. The lowest BCUT2D eigenvalue weighted by Crippen LogP contribution is -2.44. The van der Waals surface area contributed by atoms with Gasteiger partial charge >= 0.3 is 6.09 Å². The fraction of sp³-hybridized carbons (Fsp3) is 0.909. The van der Waals surface area contributed by atoms with Gasteiger partial charge in [0, 0.05) is 13.1 Å². The molecule has 5 heteroatoms. The van der Waals surface area contributed by atoms with E-state index in [-0.39, 0.29) is 11.1 Å². The molecule has 0 saturated carbocycles. The average molecular weight is 245 g/mol. The summed E-state index contributed by atoms with van der Waals surface area (Å²) in [6.45, 7) is 12.1. The van der Waals surface area contributed by atoms with Gasteiger partial charge in [0.25, 0.3) is 0 Å². The Bertz CT molecular complexity index is 273. The molecule has 0 aliphatic carbocycles. The predicted octanol–water partition coefficient (Wildman–Crippen LogP) is 2.76. The van der Waals surface area contributed by atoms with Crippen LogP contribution in [0.1, 0.15) is 27.2 Å². The zero-order valence-corrected chi connectivity index (χ0v) is 11.9. The quantitative estimate of drug-likeness (QED) is 0.761. The van der Waals surface area contributed by atoms with Crippen LogP contribution in [0.4, 0.5) is 4.79 Å². The Labute approximate surface area is 98.7 Å². The highest BCUT2D eigenvalue weighted by molar-refractivity contribution is 6.74. The maximum absolute atomic E-state index is 10.8. The van der Waals surface area contributed by atoms with Crippen LogP contribution in [0.3, 0.4) is 0 Å². The number of hydrogen-bond acceptors (Lipinski definition) is 2. The molecule has 1 atom stereocenters. The van der Waals surface area contributed by atoms with E-state index in [9.17, 15) is 4.79 Å². The summed E-state index contributed by atoms with van der Waals surface area (Å²) in [6, 6.07) is 0. The van der Waals surface area contributed by atoms with Gasteiger partial charge in [-0.2, -0.15) is 0 Å². The molecule has 1 saturated heterocycles. The van der Waals surface area contributed by atoms with Crippen LogP contribution in [0.5, 0.6) is 0 Å². The number of nitrogens with zero attached hydrogens (tertiary/aromatic N) is 1. The van der Waals surface area contributed by atoms with E-state index >= 15 is 0 Å². The van der Waals surface area contributed by atoms with E-state index in [4.69, 9.17) is 9.53 Å². The molecule has 1 amide bonds. The predicted molar refractivity (Wildman–Crippen MR) is 66.3 cm³/mol. The van der Waals surface area contributed by atoms with Crippen LogP contribution in [0.15, 0.2) is 0 Å². The van der Waals surface area contributed by atoms with Crippen LogP contribution < -0.4 is 0 Å². The summed E-state index contributed by atoms with van der Waals surface area (Å²) in [6.07, 6.45) is 0.0945. The summed E-state index contributed by atoms with van der Waals surface area (Å²) in [5, 5.41) is 9.06. The Morgan fingerprint density at radius 1 is 1.44 bits per heavy atom. The minimum Gasteiger partial charge on any atom is -0.465 e. The second-order valence-electron chi connectivity index (χ2n) is 6.02. The Morgan fingerprint density at radius 3 is 2.38 bits per heavy atom. The summed E-state index contributed by atoms with van der Waals surface area (Å²) in [7, 11) is -1.75. The molecule has 94 valence electrons. The molecule has 0 spiro atoms. The van der Waals surface area contributed by atoms with Crippen molar-refractivity contribution in [2.24, 2.45) is 0 Å². The summed E-state index contributed by atoms with van der Waals surface area (Å²) in [5.74, 6) is 0. The molecular formula is C11H23NO3Si. The van der Waals surface area contributed by atoms with Crippen molar-refractivity contribution in [1.29, 1.82) is 0 Å². The maximum Gasteiger partial charge on any atom is 0.407 e. The van der Waals surface area contributed by atoms with Crippen molar-refractivity contribution in [3.63, 3.8) is 0 Å². The number of hydrogen-bond donors (Lipinski definition) is 1. The van der Waals surface area contributed by atoms with Crippen molar-refractivity contribution in [2.45, 2.75) is 51.4 Å². The smallest absolute Gasteiger partial charge is 0.407 e. The van der Waals surface area contributed by atoms with E-state index in [1.165, 1.54) is 4.90 Å². The maximum atomic E-state index is 10.8. The topological polar surface area (TPSA) is 49.8 Å². The van der Waals surface area contributed by atoms with E-state index in [1.54, 1.807) is 0 Å². The third-order valence-corrected chi connectivity index (χ3v) is 8.22. The molecule has 0 radical (unpaired) electrons. The van der Waals surface area contributed by atoms with Gasteiger partial charge in [-0.15, -0.1) is 0 Å². The van der Waals surface area contributed by atoms with E-state index in [0.29, 0.717) is 13.1 Å².